The predicted molar refractivity (Wildman–Crippen MR) is 79.9 cm³/mol. The minimum atomic E-state index is 0.321. The van der Waals surface area contributed by atoms with Gasteiger partial charge in [-0.3, -0.25) is 0 Å². The Hall–Kier alpha value is -0.860. The van der Waals surface area contributed by atoms with Gasteiger partial charge < -0.3 is 10.6 Å². The molecule has 1 aromatic carbocycles. The van der Waals surface area contributed by atoms with Crippen LogP contribution >= 0.6 is 0 Å². The van der Waals surface area contributed by atoms with Crippen molar-refractivity contribution < 1.29 is 0 Å². The number of rotatable bonds is 6. The van der Waals surface area contributed by atoms with E-state index in [-0.39, 0.29) is 0 Å². The Bertz CT molecular complexity index is 383. The van der Waals surface area contributed by atoms with E-state index in [2.05, 4.69) is 51.8 Å². The second kappa shape index (κ2) is 6.91. The van der Waals surface area contributed by atoms with Gasteiger partial charge in [0.05, 0.1) is 0 Å². The number of aryl methyl sites for hydroxylation is 3. The number of hydrogen-bond donors (Lipinski definition) is 1. The lowest BCUT2D eigenvalue weighted by Crippen LogP contribution is -2.22. The molecule has 18 heavy (non-hydrogen) atoms. The molecule has 0 heterocycles. The standard InChI is InChI=1S/C16H28N2/c1-12-9-14(3)16(10-13(12)2)11-18(5)8-6-7-15(4)17/h9-10,15H,6-8,11,17H2,1-5H3. The lowest BCUT2D eigenvalue weighted by molar-refractivity contribution is 0.314. The molecule has 0 aliphatic heterocycles. The lowest BCUT2D eigenvalue weighted by atomic mass is 10.0. The van der Waals surface area contributed by atoms with Crippen molar-refractivity contribution in [2.45, 2.75) is 53.1 Å². The van der Waals surface area contributed by atoms with E-state index < -0.39 is 0 Å². The summed E-state index contributed by atoms with van der Waals surface area (Å²) in [5.74, 6) is 0. The molecule has 0 fully saturated rings. The molecule has 0 aliphatic carbocycles. The third-order valence-corrected chi connectivity index (χ3v) is 3.59. The molecule has 0 spiro atoms. The SMILES string of the molecule is Cc1cc(C)c(CN(C)CCCC(C)N)cc1C. The molecule has 102 valence electrons. The molecular weight excluding hydrogens is 220 g/mol. The smallest absolute Gasteiger partial charge is 0.0233 e. The van der Waals surface area contributed by atoms with Gasteiger partial charge in [0, 0.05) is 12.6 Å². The van der Waals surface area contributed by atoms with Gasteiger partial charge in [0.25, 0.3) is 0 Å². The molecule has 2 heteroatoms. The van der Waals surface area contributed by atoms with E-state index in [1.54, 1.807) is 0 Å². The number of nitrogens with two attached hydrogens (primary N) is 1. The van der Waals surface area contributed by atoms with E-state index >= 15 is 0 Å². The summed E-state index contributed by atoms with van der Waals surface area (Å²) in [4.78, 5) is 2.39. The Morgan fingerprint density at radius 2 is 1.72 bits per heavy atom. The highest BCUT2D eigenvalue weighted by atomic mass is 15.1. The van der Waals surface area contributed by atoms with Crippen molar-refractivity contribution in [3.8, 4) is 0 Å². The van der Waals surface area contributed by atoms with Gasteiger partial charge in [0.2, 0.25) is 0 Å². The Morgan fingerprint density at radius 1 is 1.11 bits per heavy atom. The Kier molecular flexibility index (Phi) is 5.83. The zero-order chi connectivity index (χ0) is 13.7. The first-order chi connectivity index (χ1) is 8.40. The van der Waals surface area contributed by atoms with Gasteiger partial charge in [-0.05, 0) is 76.4 Å². The molecular formula is C16H28N2. The molecule has 0 amide bonds. The van der Waals surface area contributed by atoms with E-state index in [1.165, 1.54) is 28.7 Å². The third kappa shape index (κ3) is 4.79. The van der Waals surface area contributed by atoms with Crippen LogP contribution < -0.4 is 5.73 Å². The average Bonchev–Trinajstić information content (AvgIpc) is 2.25. The minimum Gasteiger partial charge on any atom is -0.328 e. The zero-order valence-corrected chi connectivity index (χ0v) is 12.6. The van der Waals surface area contributed by atoms with Crippen LogP contribution in [0.4, 0.5) is 0 Å². The molecule has 0 aliphatic rings. The maximum atomic E-state index is 5.77. The molecule has 0 saturated heterocycles. The van der Waals surface area contributed by atoms with E-state index in [4.69, 9.17) is 5.73 Å². The van der Waals surface area contributed by atoms with Crippen molar-refractivity contribution in [3.05, 3.63) is 34.4 Å². The first-order valence-electron chi connectivity index (χ1n) is 6.91. The summed E-state index contributed by atoms with van der Waals surface area (Å²) in [6, 6.07) is 4.94. The van der Waals surface area contributed by atoms with E-state index in [9.17, 15) is 0 Å². The average molecular weight is 248 g/mol. The predicted octanol–water partition coefficient (Wildman–Crippen LogP) is 3.17. The van der Waals surface area contributed by atoms with Gasteiger partial charge in [0.1, 0.15) is 0 Å². The highest BCUT2D eigenvalue weighted by molar-refractivity contribution is 5.36. The van der Waals surface area contributed by atoms with Crippen molar-refractivity contribution in [3.63, 3.8) is 0 Å². The van der Waals surface area contributed by atoms with Crippen molar-refractivity contribution in [1.82, 2.24) is 4.90 Å². The fourth-order valence-electron chi connectivity index (χ4n) is 2.24. The fourth-order valence-corrected chi connectivity index (χ4v) is 2.24. The van der Waals surface area contributed by atoms with Crippen molar-refractivity contribution in [2.75, 3.05) is 13.6 Å². The summed E-state index contributed by atoms with van der Waals surface area (Å²) < 4.78 is 0. The lowest BCUT2D eigenvalue weighted by Gasteiger charge is -2.19. The maximum Gasteiger partial charge on any atom is 0.0233 e. The monoisotopic (exact) mass is 248 g/mol. The summed E-state index contributed by atoms with van der Waals surface area (Å²) in [5, 5.41) is 0. The molecule has 1 unspecified atom stereocenters. The van der Waals surface area contributed by atoms with E-state index in [0.29, 0.717) is 6.04 Å². The Labute approximate surface area is 112 Å². The first kappa shape index (κ1) is 15.2. The van der Waals surface area contributed by atoms with Gasteiger partial charge in [-0.2, -0.15) is 0 Å². The fraction of sp³-hybridized carbons (Fsp3) is 0.625. The molecule has 2 nitrogen and oxygen atoms in total. The van der Waals surface area contributed by atoms with Crippen LogP contribution in [0.15, 0.2) is 12.1 Å². The van der Waals surface area contributed by atoms with Crippen LogP contribution in [0.25, 0.3) is 0 Å². The summed E-state index contributed by atoms with van der Waals surface area (Å²) in [7, 11) is 2.19. The van der Waals surface area contributed by atoms with Crippen LogP contribution in [0.2, 0.25) is 0 Å². The Balaban J connectivity index is 2.54. The zero-order valence-electron chi connectivity index (χ0n) is 12.6. The second-order valence-corrected chi connectivity index (χ2v) is 5.72. The normalized spacial score (nSPS) is 13.1. The van der Waals surface area contributed by atoms with Crippen molar-refractivity contribution in [1.29, 1.82) is 0 Å². The van der Waals surface area contributed by atoms with Gasteiger partial charge in [-0.15, -0.1) is 0 Å². The van der Waals surface area contributed by atoms with Crippen LogP contribution in [0.3, 0.4) is 0 Å². The minimum absolute atomic E-state index is 0.321. The van der Waals surface area contributed by atoms with Crippen LogP contribution in [-0.4, -0.2) is 24.5 Å². The molecule has 1 atom stereocenters. The highest BCUT2D eigenvalue weighted by Gasteiger charge is 2.06. The van der Waals surface area contributed by atoms with Crippen LogP contribution in [0, 0.1) is 20.8 Å². The third-order valence-electron chi connectivity index (χ3n) is 3.59. The first-order valence-corrected chi connectivity index (χ1v) is 6.91. The van der Waals surface area contributed by atoms with Gasteiger partial charge in [0.15, 0.2) is 0 Å². The quantitative estimate of drug-likeness (QED) is 0.838. The Morgan fingerprint density at radius 3 is 2.33 bits per heavy atom. The van der Waals surface area contributed by atoms with E-state index in [1.807, 2.05) is 0 Å². The summed E-state index contributed by atoms with van der Waals surface area (Å²) in [6.45, 7) is 10.8. The largest absolute Gasteiger partial charge is 0.328 e. The summed E-state index contributed by atoms with van der Waals surface area (Å²) in [5.41, 5.74) is 11.4. The molecule has 2 N–H and O–H groups in total. The number of nitrogens with zero attached hydrogens (tertiary/aromatic N) is 1. The molecule has 1 aromatic rings. The highest BCUT2D eigenvalue weighted by Crippen LogP contribution is 2.16. The topological polar surface area (TPSA) is 29.3 Å². The molecule has 0 bridgehead atoms. The maximum absolute atomic E-state index is 5.77. The van der Waals surface area contributed by atoms with Crippen LogP contribution in [-0.2, 0) is 6.54 Å². The van der Waals surface area contributed by atoms with Crippen LogP contribution in [0.5, 0.6) is 0 Å². The van der Waals surface area contributed by atoms with E-state index in [0.717, 1.165) is 19.5 Å². The molecule has 1 rings (SSSR count). The van der Waals surface area contributed by atoms with Gasteiger partial charge in [-0.1, -0.05) is 12.1 Å². The van der Waals surface area contributed by atoms with Gasteiger partial charge in [-0.25, -0.2) is 0 Å². The number of benzene rings is 1. The second-order valence-electron chi connectivity index (χ2n) is 5.72. The van der Waals surface area contributed by atoms with Crippen molar-refractivity contribution in [2.24, 2.45) is 5.73 Å². The van der Waals surface area contributed by atoms with Crippen molar-refractivity contribution >= 4 is 0 Å². The molecule has 0 aromatic heterocycles. The van der Waals surface area contributed by atoms with Gasteiger partial charge >= 0.3 is 0 Å². The van der Waals surface area contributed by atoms with Crippen LogP contribution in [0.1, 0.15) is 42.0 Å². The summed E-state index contributed by atoms with van der Waals surface area (Å²) in [6.07, 6.45) is 2.29. The summed E-state index contributed by atoms with van der Waals surface area (Å²) >= 11 is 0. The number of hydrogen-bond acceptors (Lipinski definition) is 2. The molecule has 0 radical (unpaired) electrons. The molecule has 0 saturated carbocycles.